The normalized spacial score (nSPS) is 12.1. The van der Waals surface area contributed by atoms with E-state index in [0.29, 0.717) is 18.4 Å². The average Bonchev–Trinajstić information content (AvgIpc) is 2.45. The Kier molecular flexibility index (Phi) is 6.39. The van der Waals surface area contributed by atoms with Crippen molar-refractivity contribution in [3.63, 3.8) is 0 Å². The summed E-state index contributed by atoms with van der Waals surface area (Å²) >= 11 is 0. The van der Waals surface area contributed by atoms with E-state index in [9.17, 15) is 22.8 Å². The Morgan fingerprint density at radius 3 is 2.23 bits per heavy atom. The van der Waals surface area contributed by atoms with E-state index in [4.69, 9.17) is 0 Å². The van der Waals surface area contributed by atoms with E-state index in [0.717, 1.165) is 12.5 Å². The molecule has 1 rings (SSSR count). The number of halogens is 3. The predicted octanol–water partition coefficient (Wildman–Crippen LogP) is 2.98. The SMILES string of the molecule is CC(C)CCC(C)NC(=O)C(=O)Nc1ccc(F)c(F)c1F. The van der Waals surface area contributed by atoms with Crippen LogP contribution in [-0.4, -0.2) is 17.9 Å². The minimum Gasteiger partial charge on any atom is -0.345 e. The highest BCUT2D eigenvalue weighted by Crippen LogP contribution is 2.19. The van der Waals surface area contributed by atoms with Crippen LogP contribution in [0.2, 0.25) is 0 Å². The van der Waals surface area contributed by atoms with E-state index >= 15 is 0 Å². The number of hydrogen-bond donors (Lipinski definition) is 2. The van der Waals surface area contributed by atoms with E-state index in [1.165, 1.54) is 0 Å². The van der Waals surface area contributed by atoms with Crippen LogP contribution < -0.4 is 10.6 Å². The largest absolute Gasteiger partial charge is 0.345 e. The van der Waals surface area contributed by atoms with Crippen LogP contribution in [0, 0.1) is 23.4 Å². The highest BCUT2D eigenvalue weighted by Gasteiger charge is 2.20. The molecule has 0 aliphatic rings. The molecule has 0 aliphatic heterocycles. The molecule has 2 N–H and O–H groups in total. The maximum absolute atomic E-state index is 13.4. The van der Waals surface area contributed by atoms with Crippen LogP contribution in [0.15, 0.2) is 12.1 Å². The van der Waals surface area contributed by atoms with Crippen molar-refractivity contribution in [2.75, 3.05) is 5.32 Å². The van der Waals surface area contributed by atoms with E-state index in [-0.39, 0.29) is 6.04 Å². The summed E-state index contributed by atoms with van der Waals surface area (Å²) in [6, 6.07) is 1.29. The van der Waals surface area contributed by atoms with Crippen molar-refractivity contribution < 1.29 is 22.8 Å². The maximum atomic E-state index is 13.4. The van der Waals surface area contributed by atoms with Gasteiger partial charge in [0.05, 0.1) is 5.69 Å². The predicted molar refractivity (Wildman–Crippen MR) is 76.6 cm³/mol. The maximum Gasteiger partial charge on any atom is 0.313 e. The van der Waals surface area contributed by atoms with Crippen LogP contribution in [0.1, 0.15) is 33.6 Å². The van der Waals surface area contributed by atoms with Crippen LogP contribution in [0.25, 0.3) is 0 Å². The summed E-state index contributed by atoms with van der Waals surface area (Å²) in [4.78, 5) is 23.3. The van der Waals surface area contributed by atoms with Crippen molar-refractivity contribution in [1.82, 2.24) is 5.32 Å². The Labute approximate surface area is 127 Å². The summed E-state index contributed by atoms with van der Waals surface area (Å²) in [7, 11) is 0. The molecule has 0 heterocycles. The van der Waals surface area contributed by atoms with Crippen molar-refractivity contribution >= 4 is 17.5 Å². The van der Waals surface area contributed by atoms with Gasteiger partial charge in [-0.15, -0.1) is 0 Å². The first kappa shape index (κ1) is 18.0. The molecule has 122 valence electrons. The third kappa shape index (κ3) is 5.05. The fourth-order valence-corrected chi connectivity index (χ4v) is 1.75. The molecule has 1 aromatic carbocycles. The van der Waals surface area contributed by atoms with Gasteiger partial charge in [-0.25, -0.2) is 13.2 Å². The number of nitrogens with one attached hydrogen (secondary N) is 2. The molecule has 7 heteroatoms. The van der Waals surface area contributed by atoms with Crippen LogP contribution in [0.5, 0.6) is 0 Å². The van der Waals surface area contributed by atoms with Crippen LogP contribution >= 0.6 is 0 Å². The monoisotopic (exact) mass is 316 g/mol. The molecule has 0 fully saturated rings. The van der Waals surface area contributed by atoms with Gasteiger partial charge in [0.2, 0.25) is 0 Å². The topological polar surface area (TPSA) is 58.2 Å². The Balaban J connectivity index is 2.62. The molecular weight excluding hydrogens is 297 g/mol. The smallest absolute Gasteiger partial charge is 0.313 e. The molecule has 2 amide bonds. The first-order valence-corrected chi connectivity index (χ1v) is 6.97. The molecule has 4 nitrogen and oxygen atoms in total. The number of hydrogen-bond acceptors (Lipinski definition) is 2. The van der Waals surface area contributed by atoms with Gasteiger partial charge in [-0.05, 0) is 37.8 Å². The lowest BCUT2D eigenvalue weighted by Crippen LogP contribution is -2.40. The third-order valence-electron chi connectivity index (χ3n) is 3.04. The molecule has 22 heavy (non-hydrogen) atoms. The summed E-state index contributed by atoms with van der Waals surface area (Å²) in [5, 5.41) is 4.38. The van der Waals surface area contributed by atoms with Crippen molar-refractivity contribution in [2.45, 2.75) is 39.7 Å². The summed E-state index contributed by atoms with van der Waals surface area (Å²) in [5.41, 5.74) is -0.589. The lowest BCUT2D eigenvalue weighted by molar-refractivity contribution is -0.136. The molecule has 1 aromatic rings. The lowest BCUT2D eigenvalue weighted by Gasteiger charge is -2.15. The molecule has 0 aromatic heterocycles. The fraction of sp³-hybridized carbons (Fsp3) is 0.467. The van der Waals surface area contributed by atoms with E-state index in [2.05, 4.69) is 5.32 Å². The Morgan fingerprint density at radius 1 is 1.00 bits per heavy atom. The number of anilines is 1. The van der Waals surface area contributed by atoms with Gasteiger partial charge >= 0.3 is 11.8 Å². The summed E-state index contributed by atoms with van der Waals surface area (Å²) in [6.07, 6.45) is 1.57. The van der Waals surface area contributed by atoms with Gasteiger partial charge in [-0.2, -0.15) is 0 Å². The molecule has 1 atom stereocenters. The Bertz CT molecular complexity index is 562. The number of amides is 2. The van der Waals surface area contributed by atoms with Crippen molar-refractivity contribution in [3.8, 4) is 0 Å². The van der Waals surface area contributed by atoms with Crippen molar-refractivity contribution in [1.29, 1.82) is 0 Å². The van der Waals surface area contributed by atoms with E-state index in [1.54, 1.807) is 6.92 Å². The third-order valence-corrected chi connectivity index (χ3v) is 3.04. The van der Waals surface area contributed by atoms with Gasteiger partial charge in [-0.3, -0.25) is 9.59 Å². The van der Waals surface area contributed by atoms with Gasteiger partial charge in [0.15, 0.2) is 17.5 Å². The molecule has 0 saturated heterocycles. The van der Waals surface area contributed by atoms with Gasteiger partial charge < -0.3 is 10.6 Å². The average molecular weight is 316 g/mol. The minimum atomic E-state index is -1.71. The Hall–Kier alpha value is -2.05. The van der Waals surface area contributed by atoms with Crippen LogP contribution in [-0.2, 0) is 9.59 Å². The quantitative estimate of drug-likeness (QED) is 0.648. The summed E-state index contributed by atoms with van der Waals surface area (Å²) in [5.74, 6) is -6.26. The number of carbonyl (C=O) groups is 2. The Morgan fingerprint density at radius 2 is 1.64 bits per heavy atom. The molecule has 0 spiro atoms. The lowest BCUT2D eigenvalue weighted by atomic mass is 10.0. The first-order valence-electron chi connectivity index (χ1n) is 6.97. The summed E-state index contributed by atoms with van der Waals surface area (Å²) < 4.78 is 39.2. The van der Waals surface area contributed by atoms with Gasteiger partial charge in [0.1, 0.15) is 0 Å². The zero-order chi connectivity index (χ0) is 16.9. The second-order valence-corrected chi connectivity index (χ2v) is 5.52. The first-order chi connectivity index (χ1) is 10.2. The summed E-state index contributed by atoms with van der Waals surface area (Å²) in [6.45, 7) is 5.81. The van der Waals surface area contributed by atoms with E-state index in [1.807, 2.05) is 19.2 Å². The minimum absolute atomic E-state index is 0.226. The second kappa shape index (κ2) is 7.82. The van der Waals surface area contributed by atoms with Gasteiger partial charge in [-0.1, -0.05) is 13.8 Å². The number of carbonyl (C=O) groups excluding carboxylic acids is 2. The van der Waals surface area contributed by atoms with Crippen molar-refractivity contribution in [2.24, 2.45) is 5.92 Å². The van der Waals surface area contributed by atoms with Gasteiger partial charge in [0.25, 0.3) is 0 Å². The molecule has 0 saturated carbocycles. The fourth-order valence-electron chi connectivity index (χ4n) is 1.75. The molecule has 0 bridgehead atoms. The van der Waals surface area contributed by atoms with Crippen LogP contribution in [0.3, 0.4) is 0 Å². The highest BCUT2D eigenvalue weighted by molar-refractivity contribution is 6.39. The highest BCUT2D eigenvalue weighted by atomic mass is 19.2. The molecule has 1 unspecified atom stereocenters. The standard InChI is InChI=1S/C15H19F3N2O2/c1-8(2)4-5-9(3)19-14(21)15(22)20-11-7-6-10(16)12(17)13(11)18/h6-9H,4-5H2,1-3H3,(H,19,21)(H,20,22). The van der Waals surface area contributed by atoms with Crippen LogP contribution in [0.4, 0.5) is 18.9 Å². The molecule has 0 aliphatic carbocycles. The zero-order valence-corrected chi connectivity index (χ0v) is 12.7. The number of benzene rings is 1. The second-order valence-electron chi connectivity index (χ2n) is 5.52. The van der Waals surface area contributed by atoms with Gasteiger partial charge in [0, 0.05) is 6.04 Å². The zero-order valence-electron chi connectivity index (χ0n) is 12.7. The van der Waals surface area contributed by atoms with E-state index < -0.39 is 35.0 Å². The molecule has 0 radical (unpaired) electrons. The number of rotatable bonds is 5. The van der Waals surface area contributed by atoms with Crippen molar-refractivity contribution in [3.05, 3.63) is 29.6 Å². The molecular formula is C15H19F3N2O2.